The van der Waals surface area contributed by atoms with Crippen molar-refractivity contribution in [2.45, 2.75) is 89.4 Å². The predicted molar refractivity (Wildman–Crippen MR) is 119 cm³/mol. The Kier molecular flexibility index (Phi) is 6.45. The van der Waals surface area contributed by atoms with Crippen molar-refractivity contribution in [3.8, 4) is 0 Å². The average molecular weight is 465 g/mol. The molecule has 1 spiro atoms. The molecule has 3 N–H and O–H groups in total. The molecule has 1 saturated carbocycles. The van der Waals surface area contributed by atoms with Crippen molar-refractivity contribution in [2.24, 2.45) is 11.8 Å². The summed E-state index contributed by atoms with van der Waals surface area (Å²) in [6.07, 6.45) is 3.24. The first-order chi connectivity index (χ1) is 15.6. The summed E-state index contributed by atoms with van der Waals surface area (Å²) in [5.41, 5.74) is 6.15. The maximum atomic E-state index is 12.9. The van der Waals surface area contributed by atoms with Crippen molar-refractivity contribution in [3.63, 3.8) is 0 Å². The van der Waals surface area contributed by atoms with Crippen molar-refractivity contribution in [3.05, 3.63) is 17.5 Å². The molecule has 1 aromatic heterocycles. The highest BCUT2D eigenvalue weighted by atomic mass is 16.6. The summed E-state index contributed by atoms with van der Waals surface area (Å²) in [6, 6.07) is -0.561. The first-order valence-electron chi connectivity index (χ1n) is 11.6. The van der Waals surface area contributed by atoms with Gasteiger partial charge < -0.3 is 34.4 Å². The number of allylic oxidation sites excluding steroid dienone is 1. The second kappa shape index (κ2) is 8.88. The Hall–Kier alpha value is -2.17. The molecule has 4 rings (SSSR count). The number of alkyl carbamates (subject to hydrolysis) is 1. The lowest BCUT2D eigenvalue weighted by atomic mass is 9.68. The zero-order chi connectivity index (χ0) is 24.0. The molecular weight excluding hydrogens is 428 g/mol. The Labute approximate surface area is 194 Å². The van der Waals surface area contributed by atoms with Crippen LogP contribution in [0.1, 0.15) is 65.8 Å². The lowest BCUT2D eigenvalue weighted by Crippen LogP contribution is -2.56. The Morgan fingerprint density at radius 1 is 1.36 bits per heavy atom. The quantitative estimate of drug-likeness (QED) is 0.439. The van der Waals surface area contributed by atoms with E-state index in [-0.39, 0.29) is 47.2 Å². The second-order valence-electron chi connectivity index (χ2n) is 10.2. The molecule has 1 aliphatic carbocycles. The fourth-order valence-electron chi connectivity index (χ4n) is 5.25. The van der Waals surface area contributed by atoms with Gasteiger partial charge in [0.25, 0.3) is 0 Å². The topological polar surface area (TPSA) is 138 Å². The van der Waals surface area contributed by atoms with E-state index in [1.54, 1.807) is 7.11 Å². The summed E-state index contributed by atoms with van der Waals surface area (Å²) >= 11 is 0. The minimum atomic E-state index is -0.563. The van der Waals surface area contributed by atoms with Crippen LogP contribution in [0.5, 0.6) is 0 Å². The molecule has 10 nitrogen and oxygen atoms in total. The highest BCUT2D eigenvalue weighted by molar-refractivity contribution is 5.68. The fourth-order valence-corrected chi connectivity index (χ4v) is 5.25. The molecule has 2 aliphatic heterocycles. The van der Waals surface area contributed by atoms with E-state index in [0.717, 1.165) is 12.8 Å². The first-order valence-corrected chi connectivity index (χ1v) is 11.6. The summed E-state index contributed by atoms with van der Waals surface area (Å²) in [6.45, 7) is 10.8. The summed E-state index contributed by atoms with van der Waals surface area (Å²) in [5, 5.41) is 10.4. The SMILES string of the molecule is CO[C@H]1C([C@@]2(C)O[C@@H]2CC=C(C)C)[C@]2(CC[C@H]1OC(=O)N[C@H](c1nnc(N)o1)C(C)C)CO2. The molecule has 7 atom stereocenters. The highest BCUT2D eigenvalue weighted by Gasteiger charge is 2.72. The number of nitrogens with two attached hydrogens (primary N) is 1. The van der Waals surface area contributed by atoms with E-state index >= 15 is 0 Å². The maximum Gasteiger partial charge on any atom is 0.408 e. The lowest BCUT2D eigenvalue weighted by Gasteiger charge is -2.42. The summed E-state index contributed by atoms with van der Waals surface area (Å²) in [5.74, 6) is 0.205. The van der Waals surface area contributed by atoms with Gasteiger partial charge in [-0.25, -0.2) is 4.79 Å². The van der Waals surface area contributed by atoms with Crippen molar-refractivity contribution in [1.82, 2.24) is 15.5 Å². The number of hydrogen-bond acceptors (Lipinski definition) is 9. The van der Waals surface area contributed by atoms with Crippen LogP contribution in [0.25, 0.3) is 0 Å². The van der Waals surface area contributed by atoms with Gasteiger partial charge in [-0.3, -0.25) is 0 Å². The van der Waals surface area contributed by atoms with E-state index in [4.69, 9.17) is 29.1 Å². The van der Waals surface area contributed by atoms with E-state index < -0.39 is 18.2 Å². The lowest BCUT2D eigenvalue weighted by molar-refractivity contribution is -0.118. The van der Waals surface area contributed by atoms with Crippen molar-refractivity contribution in [1.29, 1.82) is 0 Å². The van der Waals surface area contributed by atoms with Crippen molar-refractivity contribution >= 4 is 12.1 Å². The predicted octanol–water partition coefficient (Wildman–Crippen LogP) is 3.15. The van der Waals surface area contributed by atoms with Gasteiger partial charge in [-0.05, 0) is 46.0 Å². The second-order valence-corrected chi connectivity index (χ2v) is 10.2. The molecule has 0 radical (unpaired) electrons. The van der Waals surface area contributed by atoms with Gasteiger partial charge in [-0.2, -0.15) is 0 Å². The number of nitrogens with zero attached hydrogens (tertiary/aromatic N) is 2. The first kappa shape index (κ1) is 24.0. The Morgan fingerprint density at radius 3 is 2.64 bits per heavy atom. The van der Waals surface area contributed by atoms with E-state index in [0.29, 0.717) is 13.0 Å². The number of rotatable bonds is 8. The van der Waals surface area contributed by atoms with Gasteiger partial charge in [-0.1, -0.05) is 30.6 Å². The molecule has 1 aromatic rings. The third-order valence-corrected chi connectivity index (χ3v) is 7.16. The fraction of sp³-hybridized carbons (Fsp3) is 0.783. The molecule has 1 amide bonds. The number of nitrogens with one attached hydrogen (secondary N) is 1. The van der Waals surface area contributed by atoms with Crippen LogP contribution in [0, 0.1) is 11.8 Å². The van der Waals surface area contributed by atoms with Gasteiger partial charge in [-0.15, -0.1) is 5.10 Å². The molecule has 33 heavy (non-hydrogen) atoms. The van der Waals surface area contributed by atoms with E-state index in [2.05, 4.69) is 42.4 Å². The number of hydrogen-bond donors (Lipinski definition) is 2. The van der Waals surface area contributed by atoms with E-state index in [1.165, 1.54) is 5.57 Å². The van der Waals surface area contributed by atoms with Crippen LogP contribution in [0.15, 0.2) is 16.1 Å². The molecular formula is C23H36N4O6. The zero-order valence-corrected chi connectivity index (χ0v) is 20.3. The largest absolute Gasteiger partial charge is 0.443 e. The number of methoxy groups -OCH3 is 1. The van der Waals surface area contributed by atoms with Crippen LogP contribution in [0.4, 0.5) is 10.8 Å². The Bertz CT molecular complexity index is 893. The smallest absolute Gasteiger partial charge is 0.408 e. The number of aromatic nitrogens is 2. The minimum Gasteiger partial charge on any atom is -0.443 e. The van der Waals surface area contributed by atoms with Gasteiger partial charge in [0, 0.05) is 7.11 Å². The van der Waals surface area contributed by atoms with Crippen molar-refractivity contribution in [2.75, 3.05) is 19.5 Å². The molecule has 3 heterocycles. The summed E-state index contributed by atoms with van der Waals surface area (Å²) in [7, 11) is 1.66. The van der Waals surface area contributed by atoms with Crippen LogP contribution >= 0.6 is 0 Å². The third-order valence-electron chi connectivity index (χ3n) is 7.16. The zero-order valence-electron chi connectivity index (χ0n) is 20.3. The molecule has 2 saturated heterocycles. The van der Waals surface area contributed by atoms with Crippen LogP contribution < -0.4 is 11.1 Å². The van der Waals surface area contributed by atoms with E-state index in [9.17, 15) is 4.79 Å². The molecule has 0 bridgehead atoms. The number of ether oxygens (including phenoxy) is 4. The van der Waals surface area contributed by atoms with Gasteiger partial charge in [0.1, 0.15) is 29.5 Å². The Balaban J connectivity index is 1.46. The summed E-state index contributed by atoms with van der Waals surface area (Å²) in [4.78, 5) is 12.9. The Morgan fingerprint density at radius 2 is 2.09 bits per heavy atom. The molecule has 0 aromatic carbocycles. The molecule has 3 aliphatic rings. The van der Waals surface area contributed by atoms with Gasteiger partial charge >= 0.3 is 12.1 Å². The molecule has 3 fully saturated rings. The van der Waals surface area contributed by atoms with Gasteiger partial charge in [0.05, 0.1) is 18.6 Å². The number of carbonyl (C=O) groups excluding carboxylic acids is 1. The minimum absolute atomic E-state index is 0.00697. The normalized spacial score (nSPS) is 35.8. The number of anilines is 1. The number of amides is 1. The molecule has 10 heteroatoms. The third kappa shape index (κ3) is 4.74. The van der Waals surface area contributed by atoms with Crippen LogP contribution in [0.3, 0.4) is 0 Å². The highest BCUT2D eigenvalue weighted by Crippen LogP contribution is 2.59. The molecule has 1 unspecified atom stereocenters. The number of nitrogen functional groups attached to an aromatic ring is 1. The van der Waals surface area contributed by atoms with Crippen molar-refractivity contribution < 1.29 is 28.2 Å². The number of epoxide rings is 2. The average Bonchev–Trinajstić information content (AvgIpc) is 3.62. The summed E-state index contributed by atoms with van der Waals surface area (Å²) < 4.78 is 29.3. The monoisotopic (exact) mass is 464 g/mol. The molecule has 184 valence electrons. The van der Waals surface area contributed by atoms with Crippen LogP contribution in [0.2, 0.25) is 0 Å². The van der Waals surface area contributed by atoms with E-state index in [1.807, 2.05) is 13.8 Å². The van der Waals surface area contributed by atoms with Crippen LogP contribution in [-0.4, -0.2) is 59.5 Å². The van der Waals surface area contributed by atoms with Gasteiger partial charge in [0.15, 0.2) is 0 Å². The van der Waals surface area contributed by atoms with Gasteiger partial charge in [0.2, 0.25) is 5.89 Å². The standard InChI is InChI=1S/C23H36N4O6/c1-12(2)7-8-15-22(5,33-15)18-17(29-6)14(9-10-23(18)11-30-23)31-21(28)25-16(13(3)4)19-26-27-20(24)32-19/h7,13-18H,8-11H2,1-6H3,(H2,24,27)(H,25,28)/t14-,15-,16+,17-,18?,22+,23+/m1/s1. The number of carbonyl (C=O) groups is 1. The van der Waals surface area contributed by atoms with Crippen LogP contribution in [-0.2, 0) is 18.9 Å². The maximum absolute atomic E-state index is 12.9.